The van der Waals surface area contributed by atoms with Gasteiger partial charge in [0.15, 0.2) is 11.5 Å². The second-order valence-electron chi connectivity index (χ2n) is 6.33. The standard InChI is InChI=1S/C20H15NO4/c1-24-13-9-10-7-8-21-17-14(10)15(19(13)25-2)11-5-3-4-6-12(11)16(17)18(22)20(21)23/h3-6,9H,7-8H2,1-2H3. The van der Waals surface area contributed by atoms with E-state index in [9.17, 15) is 9.59 Å². The maximum Gasteiger partial charge on any atom is 0.299 e. The number of amides is 1. The van der Waals surface area contributed by atoms with Crippen LogP contribution in [0, 0.1) is 0 Å². The van der Waals surface area contributed by atoms with E-state index in [0.717, 1.165) is 32.8 Å². The second-order valence-corrected chi connectivity index (χ2v) is 6.33. The van der Waals surface area contributed by atoms with E-state index in [0.29, 0.717) is 30.0 Å². The van der Waals surface area contributed by atoms with Crippen molar-refractivity contribution in [2.45, 2.75) is 6.42 Å². The zero-order valence-electron chi connectivity index (χ0n) is 13.9. The minimum absolute atomic E-state index is 0.421. The van der Waals surface area contributed by atoms with E-state index in [2.05, 4.69) is 0 Å². The number of hydrogen-bond donors (Lipinski definition) is 0. The lowest BCUT2D eigenvalue weighted by molar-refractivity contribution is -0.114. The van der Waals surface area contributed by atoms with Gasteiger partial charge in [-0.05, 0) is 28.8 Å². The molecule has 0 saturated carbocycles. The first-order valence-corrected chi connectivity index (χ1v) is 8.15. The summed E-state index contributed by atoms with van der Waals surface area (Å²) in [6.07, 6.45) is 0.681. The van der Waals surface area contributed by atoms with Crippen molar-refractivity contribution in [3.8, 4) is 11.5 Å². The number of rotatable bonds is 2. The van der Waals surface area contributed by atoms with Crippen LogP contribution in [0.25, 0.3) is 21.5 Å². The molecule has 25 heavy (non-hydrogen) atoms. The molecule has 0 atom stereocenters. The number of hydrogen-bond acceptors (Lipinski definition) is 4. The molecule has 3 aromatic carbocycles. The molecule has 5 nitrogen and oxygen atoms in total. The van der Waals surface area contributed by atoms with Crippen LogP contribution in [0.15, 0.2) is 30.3 Å². The molecular formula is C20H15NO4. The van der Waals surface area contributed by atoms with Crippen LogP contribution in [0.4, 0.5) is 5.69 Å². The number of methoxy groups -OCH3 is 2. The van der Waals surface area contributed by atoms with Gasteiger partial charge in [-0.1, -0.05) is 24.3 Å². The zero-order chi connectivity index (χ0) is 17.3. The highest BCUT2D eigenvalue weighted by Crippen LogP contribution is 2.51. The molecule has 0 radical (unpaired) electrons. The molecule has 0 aliphatic carbocycles. The number of anilines is 1. The molecule has 1 amide bonds. The number of ether oxygens (including phenoxy) is 2. The molecule has 0 fully saturated rings. The summed E-state index contributed by atoms with van der Waals surface area (Å²) in [6.45, 7) is 0.507. The minimum atomic E-state index is -0.437. The van der Waals surface area contributed by atoms with Gasteiger partial charge in [-0.3, -0.25) is 9.59 Å². The first-order valence-electron chi connectivity index (χ1n) is 8.15. The normalized spacial score (nSPS) is 15.4. The maximum atomic E-state index is 12.7. The van der Waals surface area contributed by atoms with Crippen molar-refractivity contribution in [2.24, 2.45) is 0 Å². The third kappa shape index (κ3) is 1.58. The maximum absolute atomic E-state index is 12.7. The third-order valence-corrected chi connectivity index (χ3v) is 5.23. The van der Waals surface area contributed by atoms with E-state index in [1.54, 1.807) is 19.1 Å². The molecule has 3 aromatic rings. The molecular weight excluding hydrogens is 318 g/mol. The molecule has 0 saturated heterocycles. The molecule has 0 unspecified atom stereocenters. The Balaban J connectivity index is 2.13. The average Bonchev–Trinajstić information content (AvgIpc) is 2.91. The van der Waals surface area contributed by atoms with Crippen LogP contribution in [-0.2, 0) is 11.2 Å². The summed E-state index contributed by atoms with van der Waals surface area (Å²) in [6, 6.07) is 9.63. The van der Waals surface area contributed by atoms with Gasteiger partial charge in [0.1, 0.15) is 0 Å². The minimum Gasteiger partial charge on any atom is -0.493 e. The van der Waals surface area contributed by atoms with Crippen molar-refractivity contribution in [1.29, 1.82) is 0 Å². The monoisotopic (exact) mass is 333 g/mol. The van der Waals surface area contributed by atoms with Gasteiger partial charge >= 0.3 is 0 Å². The van der Waals surface area contributed by atoms with Crippen LogP contribution in [-0.4, -0.2) is 32.5 Å². The SMILES string of the molecule is COc1cc2c3c4c(c5ccccc5c3c1OC)C(=O)C(=O)N4CC2. The number of nitrogens with zero attached hydrogens (tertiary/aromatic N) is 1. The fourth-order valence-electron chi connectivity index (χ4n) is 4.22. The number of carbonyl (C=O) groups is 2. The summed E-state index contributed by atoms with van der Waals surface area (Å²) in [5, 5.41) is 3.51. The average molecular weight is 333 g/mol. The fourth-order valence-corrected chi connectivity index (χ4v) is 4.22. The lowest BCUT2D eigenvalue weighted by Gasteiger charge is -2.27. The molecule has 2 heterocycles. The lowest BCUT2D eigenvalue weighted by atomic mass is 9.89. The summed E-state index contributed by atoms with van der Waals surface area (Å²) in [7, 11) is 3.23. The van der Waals surface area contributed by atoms with Crippen LogP contribution in [0.2, 0.25) is 0 Å². The molecule has 5 heteroatoms. The largest absolute Gasteiger partial charge is 0.493 e. The molecule has 124 valence electrons. The van der Waals surface area contributed by atoms with Gasteiger partial charge in [-0.25, -0.2) is 0 Å². The van der Waals surface area contributed by atoms with Crippen LogP contribution < -0.4 is 14.4 Å². The van der Waals surface area contributed by atoms with E-state index in [1.807, 2.05) is 30.3 Å². The van der Waals surface area contributed by atoms with Crippen molar-refractivity contribution < 1.29 is 19.1 Å². The Morgan fingerprint density at radius 3 is 2.48 bits per heavy atom. The number of Topliss-reactive ketones (excluding diaryl/α,β-unsaturated/α-hetero) is 1. The highest BCUT2D eigenvalue weighted by atomic mass is 16.5. The van der Waals surface area contributed by atoms with Crippen LogP contribution in [0.5, 0.6) is 11.5 Å². The Morgan fingerprint density at radius 2 is 1.76 bits per heavy atom. The van der Waals surface area contributed by atoms with Crippen molar-refractivity contribution in [3.05, 3.63) is 41.5 Å². The van der Waals surface area contributed by atoms with E-state index in [4.69, 9.17) is 9.47 Å². The third-order valence-electron chi connectivity index (χ3n) is 5.23. The van der Waals surface area contributed by atoms with Crippen molar-refractivity contribution in [1.82, 2.24) is 0 Å². The summed E-state index contributed by atoms with van der Waals surface area (Å²) in [4.78, 5) is 26.8. The predicted molar refractivity (Wildman–Crippen MR) is 94.9 cm³/mol. The molecule has 0 aromatic heterocycles. The van der Waals surface area contributed by atoms with Crippen LogP contribution in [0.3, 0.4) is 0 Å². The zero-order valence-corrected chi connectivity index (χ0v) is 13.9. The Hall–Kier alpha value is -3.08. The van der Waals surface area contributed by atoms with Crippen LogP contribution in [0.1, 0.15) is 15.9 Å². The van der Waals surface area contributed by atoms with Gasteiger partial charge in [0, 0.05) is 17.3 Å². The molecule has 0 N–H and O–H groups in total. The first-order chi connectivity index (χ1) is 12.2. The first kappa shape index (κ1) is 14.3. The van der Waals surface area contributed by atoms with Crippen molar-refractivity contribution >= 4 is 38.9 Å². The van der Waals surface area contributed by atoms with Gasteiger partial charge < -0.3 is 14.4 Å². The summed E-state index contributed by atoms with van der Waals surface area (Å²) in [5.41, 5.74) is 2.32. The van der Waals surface area contributed by atoms with Gasteiger partial charge in [0.25, 0.3) is 11.7 Å². The number of benzene rings is 3. The smallest absolute Gasteiger partial charge is 0.299 e. The number of fused-ring (bicyclic) bond motifs is 3. The second kappa shape index (κ2) is 4.72. The van der Waals surface area contributed by atoms with E-state index in [-0.39, 0.29) is 0 Å². The van der Waals surface area contributed by atoms with Crippen molar-refractivity contribution in [2.75, 3.05) is 25.7 Å². The fraction of sp³-hybridized carbons (Fsp3) is 0.200. The molecule has 0 spiro atoms. The van der Waals surface area contributed by atoms with Gasteiger partial charge in [-0.2, -0.15) is 0 Å². The summed E-state index contributed by atoms with van der Waals surface area (Å²) >= 11 is 0. The van der Waals surface area contributed by atoms with Crippen LogP contribution >= 0.6 is 0 Å². The van der Waals surface area contributed by atoms with Crippen molar-refractivity contribution in [3.63, 3.8) is 0 Å². The van der Waals surface area contributed by atoms with Gasteiger partial charge in [-0.15, -0.1) is 0 Å². The molecule has 5 rings (SSSR count). The number of carbonyl (C=O) groups excluding carboxylic acids is 2. The lowest BCUT2D eigenvalue weighted by Crippen LogP contribution is -2.33. The molecule has 2 aliphatic rings. The quantitative estimate of drug-likeness (QED) is 0.534. The van der Waals surface area contributed by atoms with E-state index < -0.39 is 11.7 Å². The Morgan fingerprint density at radius 1 is 1.00 bits per heavy atom. The van der Waals surface area contributed by atoms with E-state index in [1.165, 1.54) is 0 Å². The Bertz CT molecular complexity index is 1120. The Kier molecular flexibility index (Phi) is 2.70. The van der Waals surface area contributed by atoms with Gasteiger partial charge in [0.05, 0.1) is 25.5 Å². The predicted octanol–water partition coefficient (Wildman–Crippen LogP) is 3.10. The number of ketones is 1. The molecule has 0 bridgehead atoms. The highest BCUT2D eigenvalue weighted by Gasteiger charge is 2.42. The highest BCUT2D eigenvalue weighted by molar-refractivity contribution is 6.56. The molecule has 2 aliphatic heterocycles. The summed E-state index contributed by atoms with van der Waals surface area (Å²) < 4.78 is 11.2. The van der Waals surface area contributed by atoms with Gasteiger partial charge in [0.2, 0.25) is 0 Å². The van der Waals surface area contributed by atoms with E-state index >= 15 is 0 Å². The Labute approximate surface area is 143 Å². The topological polar surface area (TPSA) is 55.8 Å². The summed E-state index contributed by atoms with van der Waals surface area (Å²) in [5.74, 6) is 0.442.